The SMILES string of the molecule is CCn1ccnc(N2CCCC(N(C3CCC3)S(C)(=O)=O)CC2)c1=O. The van der Waals surface area contributed by atoms with Crippen molar-refractivity contribution in [2.75, 3.05) is 24.2 Å². The van der Waals surface area contributed by atoms with Crippen molar-refractivity contribution in [1.29, 1.82) is 0 Å². The molecule has 8 heteroatoms. The number of hydrogen-bond acceptors (Lipinski definition) is 5. The molecule has 2 fully saturated rings. The van der Waals surface area contributed by atoms with E-state index in [0.717, 1.165) is 45.1 Å². The van der Waals surface area contributed by atoms with E-state index in [-0.39, 0.29) is 17.6 Å². The summed E-state index contributed by atoms with van der Waals surface area (Å²) in [5.41, 5.74) is -0.0672. The molecule has 2 aliphatic rings. The molecule has 1 aliphatic heterocycles. The van der Waals surface area contributed by atoms with E-state index in [0.29, 0.717) is 18.9 Å². The zero-order valence-corrected chi connectivity index (χ0v) is 15.9. The van der Waals surface area contributed by atoms with Crippen molar-refractivity contribution in [3.05, 3.63) is 22.7 Å². The molecule has 140 valence electrons. The van der Waals surface area contributed by atoms with Crippen molar-refractivity contribution >= 4 is 15.8 Å². The second-order valence-electron chi connectivity index (χ2n) is 7.09. The highest BCUT2D eigenvalue weighted by molar-refractivity contribution is 7.88. The van der Waals surface area contributed by atoms with Gasteiger partial charge in [-0.05, 0) is 39.0 Å². The number of rotatable bonds is 5. The Hall–Kier alpha value is -1.41. The lowest BCUT2D eigenvalue weighted by Crippen LogP contribution is -2.50. The molecular formula is C17H28N4O3S. The molecule has 1 saturated heterocycles. The first kappa shape index (κ1) is 18.4. The van der Waals surface area contributed by atoms with Crippen molar-refractivity contribution in [2.45, 2.75) is 64.1 Å². The minimum absolute atomic E-state index is 0.0300. The molecular weight excluding hydrogens is 340 g/mol. The van der Waals surface area contributed by atoms with Crippen LogP contribution in [-0.2, 0) is 16.6 Å². The van der Waals surface area contributed by atoms with Crippen LogP contribution in [0.15, 0.2) is 17.2 Å². The van der Waals surface area contributed by atoms with Crippen LogP contribution >= 0.6 is 0 Å². The predicted molar refractivity (Wildman–Crippen MR) is 98.3 cm³/mol. The van der Waals surface area contributed by atoms with Gasteiger partial charge in [0, 0.05) is 44.1 Å². The van der Waals surface area contributed by atoms with E-state index in [9.17, 15) is 13.2 Å². The van der Waals surface area contributed by atoms with E-state index in [4.69, 9.17) is 0 Å². The van der Waals surface area contributed by atoms with Crippen molar-refractivity contribution < 1.29 is 8.42 Å². The van der Waals surface area contributed by atoms with Gasteiger partial charge in [-0.25, -0.2) is 13.4 Å². The summed E-state index contributed by atoms with van der Waals surface area (Å²) in [6.45, 7) is 3.97. The van der Waals surface area contributed by atoms with Gasteiger partial charge < -0.3 is 9.47 Å². The van der Waals surface area contributed by atoms with E-state index in [1.54, 1.807) is 21.3 Å². The maximum Gasteiger partial charge on any atom is 0.293 e. The van der Waals surface area contributed by atoms with E-state index in [1.165, 1.54) is 6.26 Å². The number of sulfonamides is 1. The first-order valence-corrected chi connectivity index (χ1v) is 11.1. The van der Waals surface area contributed by atoms with Crippen LogP contribution < -0.4 is 10.5 Å². The molecule has 0 radical (unpaired) electrons. The number of aryl methyl sites for hydroxylation is 1. The standard InChI is InChI=1S/C17H28N4O3S/c1-3-19-13-10-18-16(17(19)22)20-11-5-8-15(9-12-20)21(25(2,23)24)14-6-4-7-14/h10,13-15H,3-9,11-12H2,1-2H3. The maximum absolute atomic E-state index is 12.5. The molecule has 1 atom stereocenters. The van der Waals surface area contributed by atoms with Crippen molar-refractivity contribution in [3.63, 3.8) is 0 Å². The highest BCUT2D eigenvalue weighted by Gasteiger charge is 2.37. The van der Waals surface area contributed by atoms with Gasteiger partial charge in [-0.15, -0.1) is 0 Å². The Morgan fingerprint density at radius 2 is 1.84 bits per heavy atom. The Kier molecular flexibility index (Phi) is 5.48. The van der Waals surface area contributed by atoms with Gasteiger partial charge in [-0.2, -0.15) is 4.31 Å². The third kappa shape index (κ3) is 3.89. The Morgan fingerprint density at radius 1 is 1.16 bits per heavy atom. The number of nitrogens with zero attached hydrogens (tertiary/aromatic N) is 4. The molecule has 0 spiro atoms. The van der Waals surface area contributed by atoms with Crippen LogP contribution in [0.1, 0.15) is 45.4 Å². The van der Waals surface area contributed by atoms with Gasteiger partial charge in [0.1, 0.15) is 0 Å². The third-order valence-electron chi connectivity index (χ3n) is 5.41. The Bertz CT molecular complexity index is 757. The first-order valence-electron chi connectivity index (χ1n) is 9.20. The summed E-state index contributed by atoms with van der Waals surface area (Å²) in [7, 11) is -3.21. The van der Waals surface area contributed by atoms with Gasteiger partial charge in [0.25, 0.3) is 5.56 Å². The summed E-state index contributed by atoms with van der Waals surface area (Å²) in [6, 6.07) is 0.195. The lowest BCUT2D eigenvalue weighted by atomic mass is 9.91. The van der Waals surface area contributed by atoms with Crippen molar-refractivity contribution in [2.24, 2.45) is 0 Å². The van der Waals surface area contributed by atoms with Crippen LogP contribution in [0.3, 0.4) is 0 Å². The topological polar surface area (TPSA) is 75.5 Å². The lowest BCUT2D eigenvalue weighted by molar-refractivity contribution is 0.164. The zero-order valence-electron chi connectivity index (χ0n) is 15.1. The van der Waals surface area contributed by atoms with Gasteiger partial charge in [0.15, 0.2) is 5.82 Å². The molecule has 1 unspecified atom stereocenters. The Morgan fingerprint density at radius 3 is 2.44 bits per heavy atom. The molecule has 0 N–H and O–H groups in total. The van der Waals surface area contributed by atoms with Crippen LogP contribution in [0.5, 0.6) is 0 Å². The van der Waals surface area contributed by atoms with Crippen LogP contribution in [0.4, 0.5) is 5.82 Å². The molecule has 7 nitrogen and oxygen atoms in total. The first-order chi connectivity index (χ1) is 11.9. The number of aromatic nitrogens is 2. The normalized spacial score (nSPS) is 22.7. The van der Waals surface area contributed by atoms with Gasteiger partial charge in [-0.1, -0.05) is 6.42 Å². The fourth-order valence-corrected chi connectivity index (χ4v) is 5.43. The van der Waals surface area contributed by atoms with Crippen LogP contribution in [0.2, 0.25) is 0 Å². The smallest absolute Gasteiger partial charge is 0.293 e. The Labute approximate surface area is 149 Å². The maximum atomic E-state index is 12.5. The van der Waals surface area contributed by atoms with E-state index in [2.05, 4.69) is 4.98 Å². The highest BCUT2D eigenvalue weighted by Crippen LogP contribution is 2.32. The van der Waals surface area contributed by atoms with Gasteiger partial charge in [0.2, 0.25) is 10.0 Å². The number of hydrogen-bond donors (Lipinski definition) is 0. The van der Waals surface area contributed by atoms with Crippen LogP contribution in [0.25, 0.3) is 0 Å². The summed E-state index contributed by atoms with van der Waals surface area (Å²) in [4.78, 5) is 18.8. The average molecular weight is 369 g/mol. The molecule has 3 rings (SSSR count). The van der Waals surface area contributed by atoms with Gasteiger partial charge in [0.05, 0.1) is 6.26 Å². The summed E-state index contributed by atoms with van der Waals surface area (Å²) in [6.07, 6.45) is 10.2. The number of anilines is 1. The van der Waals surface area contributed by atoms with Crippen molar-refractivity contribution in [3.8, 4) is 0 Å². The highest BCUT2D eigenvalue weighted by atomic mass is 32.2. The van der Waals surface area contributed by atoms with E-state index in [1.807, 2.05) is 11.8 Å². The van der Waals surface area contributed by atoms with Crippen LogP contribution in [-0.4, -0.2) is 53.7 Å². The van der Waals surface area contributed by atoms with Crippen LogP contribution in [0, 0.1) is 0 Å². The summed E-state index contributed by atoms with van der Waals surface area (Å²) >= 11 is 0. The minimum atomic E-state index is -3.21. The second-order valence-corrected chi connectivity index (χ2v) is 8.98. The van der Waals surface area contributed by atoms with Crippen molar-refractivity contribution in [1.82, 2.24) is 13.9 Å². The second kappa shape index (κ2) is 7.45. The molecule has 0 amide bonds. The average Bonchev–Trinajstić information content (AvgIpc) is 2.75. The zero-order chi connectivity index (χ0) is 18.0. The molecule has 1 aromatic rings. The molecule has 1 aromatic heterocycles. The summed E-state index contributed by atoms with van der Waals surface area (Å²) < 4.78 is 28.0. The quantitative estimate of drug-likeness (QED) is 0.786. The van der Waals surface area contributed by atoms with E-state index < -0.39 is 10.0 Å². The molecule has 25 heavy (non-hydrogen) atoms. The lowest BCUT2D eigenvalue weighted by Gasteiger charge is -2.40. The van der Waals surface area contributed by atoms with E-state index >= 15 is 0 Å². The fourth-order valence-electron chi connectivity index (χ4n) is 3.93. The third-order valence-corrected chi connectivity index (χ3v) is 6.77. The Balaban J connectivity index is 1.77. The molecule has 1 saturated carbocycles. The molecule has 0 aromatic carbocycles. The minimum Gasteiger partial charge on any atom is -0.352 e. The van der Waals surface area contributed by atoms with Gasteiger partial charge in [-0.3, -0.25) is 4.79 Å². The largest absolute Gasteiger partial charge is 0.352 e. The van der Waals surface area contributed by atoms with Gasteiger partial charge >= 0.3 is 0 Å². The molecule has 0 bridgehead atoms. The predicted octanol–water partition coefficient (Wildman–Crippen LogP) is 1.44. The monoisotopic (exact) mass is 368 g/mol. The molecule has 2 heterocycles. The molecule has 1 aliphatic carbocycles. The fraction of sp³-hybridized carbons (Fsp3) is 0.765. The summed E-state index contributed by atoms with van der Waals surface area (Å²) in [5, 5.41) is 0. The summed E-state index contributed by atoms with van der Waals surface area (Å²) in [5.74, 6) is 0.486.